The normalized spacial score (nSPS) is 22.2. The Morgan fingerprint density at radius 1 is 0.912 bits per heavy atom. The number of esters is 1. The molecule has 1 aliphatic rings. The van der Waals surface area contributed by atoms with Gasteiger partial charge in [-0.15, -0.1) is 0 Å². The molecule has 2 rings (SSSR count). The van der Waals surface area contributed by atoms with Crippen molar-refractivity contribution in [1.29, 1.82) is 0 Å². The van der Waals surface area contributed by atoms with Gasteiger partial charge in [0, 0.05) is 12.6 Å². The van der Waals surface area contributed by atoms with Crippen molar-refractivity contribution in [3.05, 3.63) is 32.6 Å². The van der Waals surface area contributed by atoms with E-state index in [-0.39, 0.29) is 18.1 Å². The van der Waals surface area contributed by atoms with Crippen LogP contribution < -0.4 is 11.2 Å². The van der Waals surface area contributed by atoms with Crippen molar-refractivity contribution >= 4 is 5.97 Å². The summed E-state index contributed by atoms with van der Waals surface area (Å²) in [6, 6.07) is 0. The summed E-state index contributed by atoms with van der Waals surface area (Å²) in [4.78, 5) is 39.5. The fourth-order valence-corrected chi connectivity index (χ4v) is 4.31. The van der Waals surface area contributed by atoms with Crippen molar-refractivity contribution in [3.8, 4) is 0 Å². The molecule has 9 heteroatoms. The van der Waals surface area contributed by atoms with Crippen molar-refractivity contribution < 1.29 is 24.5 Å². The first-order valence-electron chi connectivity index (χ1n) is 12.9. The van der Waals surface area contributed by atoms with Crippen molar-refractivity contribution in [1.82, 2.24) is 9.97 Å². The second-order valence-corrected chi connectivity index (χ2v) is 9.28. The van der Waals surface area contributed by atoms with E-state index in [1.165, 1.54) is 64.2 Å². The van der Waals surface area contributed by atoms with E-state index < -0.39 is 35.7 Å². The SMILES string of the molecule is CCCCCCCCCCCCCCCC(=O)OC[C@H]1O[C@@H](c2c[nH]c(=O)[nH]c2=O)[C@H](O)[C@@H]1O. The van der Waals surface area contributed by atoms with Gasteiger partial charge in [0.25, 0.3) is 5.56 Å². The summed E-state index contributed by atoms with van der Waals surface area (Å²) in [6.45, 7) is 2.03. The van der Waals surface area contributed by atoms with Gasteiger partial charge < -0.3 is 24.7 Å². The van der Waals surface area contributed by atoms with Crippen LogP contribution in [0.15, 0.2) is 15.8 Å². The van der Waals surface area contributed by atoms with E-state index in [0.717, 1.165) is 25.5 Å². The molecular weight excluding hydrogens is 440 g/mol. The zero-order valence-corrected chi connectivity index (χ0v) is 20.4. The van der Waals surface area contributed by atoms with Gasteiger partial charge in [0.15, 0.2) is 0 Å². The Kier molecular flexibility index (Phi) is 13.2. The monoisotopic (exact) mass is 482 g/mol. The number of carbonyl (C=O) groups is 1. The third-order valence-electron chi connectivity index (χ3n) is 6.41. The molecule has 2 heterocycles. The standard InChI is InChI=1S/C25H42N2O7/c1-2-3-4-5-6-7-8-9-10-11-12-13-14-15-20(28)33-17-19-21(29)22(30)23(34-19)18-16-26-25(32)27-24(18)31/h16,19,21-23,29-30H,2-15,17H2,1H3,(H2,26,27,31,32)/t19-,21-,22-,23+/m1/s1. The summed E-state index contributed by atoms with van der Waals surface area (Å²) in [5, 5.41) is 20.4. The van der Waals surface area contributed by atoms with Crippen LogP contribution in [0.3, 0.4) is 0 Å². The summed E-state index contributed by atoms with van der Waals surface area (Å²) in [5.74, 6) is -0.376. The van der Waals surface area contributed by atoms with Crippen LogP contribution in [0, 0.1) is 0 Å². The van der Waals surface area contributed by atoms with E-state index >= 15 is 0 Å². The smallest absolute Gasteiger partial charge is 0.325 e. The molecule has 1 aromatic rings. The summed E-state index contributed by atoms with van der Waals surface area (Å²) >= 11 is 0. The van der Waals surface area contributed by atoms with E-state index in [0.29, 0.717) is 6.42 Å². The Labute approximate surface area is 201 Å². The van der Waals surface area contributed by atoms with Crippen LogP contribution in [0.25, 0.3) is 0 Å². The van der Waals surface area contributed by atoms with Crippen molar-refractivity contribution in [3.63, 3.8) is 0 Å². The molecule has 0 spiro atoms. The van der Waals surface area contributed by atoms with Gasteiger partial charge in [0.1, 0.15) is 31.0 Å². The highest BCUT2D eigenvalue weighted by Gasteiger charge is 2.45. The van der Waals surface area contributed by atoms with Gasteiger partial charge in [-0.05, 0) is 6.42 Å². The zero-order chi connectivity index (χ0) is 24.8. The topological polar surface area (TPSA) is 142 Å². The van der Waals surface area contributed by atoms with Crippen LogP contribution >= 0.6 is 0 Å². The number of ether oxygens (including phenoxy) is 2. The van der Waals surface area contributed by atoms with E-state index in [1.807, 2.05) is 4.98 Å². The molecule has 194 valence electrons. The fraction of sp³-hybridized carbons (Fsp3) is 0.800. The van der Waals surface area contributed by atoms with Crippen molar-refractivity contribution in [2.24, 2.45) is 0 Å². The van der Waals surface area contributed by atoms with E-state index in [9.17, 15) is 24.6 Å². The first-order valence-corrected chi connectivity index (χ1v) is 12.9. The number of nitrogens with one attached hydrogen (secondary N) is 2. The van der Waals surface area contributed by atoms with Gasteiger partial charge in [-0.1, -0.05) is 84.0 Å². The van der Waals surface area contributed by atoms with Crippen molar-refractivity contribution in [2.75, 3.05) is 6.61 Å². The zero-order valence-electron chi connectivity index (χ0n) is 20.4. The molecule has 0 aliphatic carbocycles. The van der Waals surface area contributed by atoms with Gasteiger partial charge in [0.2, 0.25) is 0 Å². The highest BCUT2D eigenvalue weighted by atomic mass is 16.6. The molecule has 0 aromatic carbocycles. The van der Waals surface area contributed by atoms with Crippen LogP contribution in [-0.2, 0) is 14.3 Å². The Bertz CT molecular complexity index is 822. The lowest BCUT2D eigenvalue weighted by Crippen LogP contribution is -2.34. The minimum absolute atomic E-state index is 0.00745. The Balaban J connectivity index is 1.53. The molecule has 0 bridgehead atoms. The molecule has 0 saturated carbocycles. The molecule has 9 nitrogen and oxygen atoms in total. The van der Waals surface area contributed by atoms with Gasteiger partial charge in [0.05, 0.1) is 5.56 Å². The molecule has 4 N–H and O–H groups in total. The number of aliphatic hydroxyl groups is 2. The van der Waals surface area contributed by atoms with E-state index in [4.69, 9.17) is 9.47 Å². The Morgan fingerprint density at radius 3 is 2.03 bits per heavy atom. The number of aromatic amines is 2. The second kappa shape index (κ2) is 15.8. The average Bonchev–Trinajstić information content (AvgIpc) is 3.09. The Morgan fingerprint density at radius 2 is 1.47 bits per heavy atom. The maximum absolute atomic E-state index is 12.0. The third kappa shape index (κ3) is 9.72. The predicted molar refractivity (Wildman–Crippen MR) is 129 cm³/mol. The number of hydrogen-bond donors (Lipinski definition) is 4. The minimum Gasteiger partial charge on any atom is -0.463 e. The molecule has 1 aliphatic heterocycles. The number of unbranched alkanes of at least 4 members (excludes halogenated alkanes) is 12. The number of aromatic nitrogens is 2. The van der Waals surface area contributed by atoms with Crippen LogP contribution in [0.2, 0.25) is 0 Å². The number of aliphatic hydroxyl groups excluding tert-OH is 2. The number of hydrogen-bond acceptors (Lipinski definition) is 7. The van der Waals surface area contributed by atoms with Crippen LogP contribution in [0.1, 0.15) is 108 Å². The molecular formula is C25H42N2O7. The number of H-pyrrole nitrogens is 2. The lowest BCUT2D eigenvalue weighted by molar-refractivity contribution is -0.149. The van der Waals surface area contributed by atoms with Crippen molar-refractivity contribution in [2.45, 2.75) is 121 Å². The first kappa shape index (κ1) is 28.3. The summed E-state index contributed by atoms with van der Waals surface area (Å²) in [5.41, 5.74) is -1.40. The lowest BCUT2D eigenvalue weighted by atomic mass is 10.0. The lowest BCUT2D eigenvalue weighted by Gasteiger charge is -2.14. The third-order valence-corrected chi connectivity index (χ3v) is 6.41. The molecule has 4 atom stereocenters. The molecule has 1 fully saturated rings. The first-order chi connectivity index (χ1) is 16.4. The van der Waals surface area contributed by atoms with Gasteiger partial charge in [-0.2, -0.15) is 0 Å². The fourth-order valence-electron chi connectivity index (χ4n) is 4.31. The predicted octanol–water partition coefficient (Wildman–Crippen LogP) is 3.25. The largest absolute Gasteiger partial charge is 0.463 e. The molecule has 1 aromatic heterocycles. The Hall–Kier alpha value is -1.97. The molecule has 34 heavy (non-hydrogen) atoms. The number of carbonyl (C=O) groups excluding carboxylic acids is 1. The van der Waals surface area contributed by atoms with Crippen LogP contribution in [-0.4, -0.2) is 51.1 Å². The molecule has 0 unspecified atom stereocenters. The summed E-state index contributed by atoms with van der Waals surface area (Å²) in [6.07, 6.45) is 12.6. The summed E-state index contributed by atoms with van der Waals surface area (Å²) < 4.78 is 10.8. The van der Waals surface area contributed by atoms with Gasteiger partial charge >= 0.3 is 11.7 Å². The highest BCUT2D eigenvalue weighted by molar-refractivity contribution is 5.69. The maximum Gasteiger partial charge on any atom is 0.325 e. The summed E-state index contributed by atoms with van der Waals surface area (Å²) in [7, 11) is 0. The average molecular weight is 483 g/mol. The molecule has 0 amide bonds. The molecule has 1 saturated heterocycles. The second-order valence-electron chi connectivity index (χ2n) is 9.28. The van der Waals surface area contributed by atoms with E-state index in [2.05, 4.69) is 11.9 Å². The van der Waals surface area contributed by atoms with Crippen LogP contribution in [0.5, 0.6) is 0 Å². The van der Waals surface area contributed by atoms with Gasteiger partial charge in [-0.25, -0.2) is 4.79 Å². The van der Waals surface area contributed by atoms with E-state index in [1.54, 1.807) is 0 Å². The maximum atomic E-state index is 12.0. The number of rotatable bonds is 17. The van der Waals surface area contributed by atoms with Gasteiger partial charge in [-0.3, -0.25) is 14.6 Å². The minimum atomic E-state index is -1.38. The quantitative estimate of drug-likeness (QED) is 0.197. The molecule has 0 radical (unpaired) electrons. The highest BCUT2D eigenvalue weighted by Crippen LogP contribution is 2.31. The van der Waals surface area contributed by atoms with Crippen LogP contribution in [0.4, 0.5) is 0 Å².